The quantitative estimate of drug-likeness (QED) is 0.546. The number of halogens is 3. The van der Waals surface area contributed by atoms with Gasteiger partial charge in [-0.15, -0.1) is 0 Å². The Hall–Kier alpha value is -3.24. The number of ether oxygens (including phenoxy) is 2. The number of hydrogen-bond acceptors (Lipinski definition) is 6. The van der Waals surface area contributed by atoms with Crippen molar-refractivity contribution in [2.45, 2.75) is 57.8 Å². The zero-order chi connectivity index (χ0) is 24.9. The van der Waals surface area contributed by atoms with Gasteiger partial charge in [-0.05, 0) is 56.2 Å². The number of alkyl halides is 3. The highest BCUT2D eigenvalue weighted by atomic mass is 19.4. The molecule has 0 bridgehead atoms. The van der Waals surface area contributed by atoms with Crippen LogP contribution in [0.25, 0.3) is 10.9 Å². The second-order valence-corrected chi connectivity index (χ2v) is 8.84. The lowest BCUT2D eigenvalue weighted by Crippen LogP contribution is -2.35. The first-order chi connectivity index (χ1) is 16.7. The molecule has 1 aliphatic carbocycles. The molecule has 1 aliphatic heterocycles. The Balaban J connectivity index is 1.47. The Morgan fingerprint density at radius 2 is 2.09 bits per heavy atom. The summed E-state index contributed by atoms with van der Waals surface area (Å²) in [4.78, 5) is 23.7. The zero-order valence-electron chi connectivity index (χ0n) is 19.3. The first-order valence-corrected chi connectivity index (χ1v) is 11.5. The van der Waals surface area contributed by atoms with Crippen LogP contribution in [-0.2, 0) is 28.8 Å². The lowest BCUT2D eigenvalue weighted by Gasteiger charge is -2.23. The normalized spacial score (nSPS) is 21.2. The molecule has 2 aliphatic rings. The van der Waals surface area contributed by atoms with Crippen molar-refractivity contribution in [3.05, 3.63) is 64.5 Å². The molecule has 0 saturated heterocycles. The standard InChI is InChI=1S/C25H25F3N4O3/c1-3-34-21-9-20(21)32(11-16-6-5-15(10-30-16)25(26,27)28)24(33)14-4-7-19-17(8-14)18-12-35-13(2)22(18)23(29)31-19/h4-8,10,13,20-21H,3,9,11-12H2,1-2H3,(H2,29,31)/t13-,20+,21-/m1/s1. The van der Waals surface area contributed by atoms with E-state index in [2.05, 4.69) is 9.97 Å². The van der Waals surface area contributed by atoms with Gasteiger partial charge in [-0.2, -0.15) is 13.2 Å². The van der Waals surface area contributed by atoms with Crippen LogP contribution in [0.3, 0.4) is 0 Å². The minimum Gasteiger partial charge on any atom is -0.383 e. The minimum atomic E-state index is -4.47. The van der Waals surface area contributed by atoms with Crippen molar-refractivity contribution in [3.8, 4) is 0 Å². The van der Waals surface area contributed by atoms with Gasteiger partial charge in [0.15, 0.2) is 0 Å². The Kier molecular flexibility index (Phi) is 5.88. The molecule has 35 heavy (non-hydrogen) atoms. The highest BCUT2D eigenvalue weighted by Gasteiger charge is 2.45. The van der Waals surface area contributed by atoms with E-state index < -0.39 is 11.7 Å². The number of pyridine rings is 2. The lowest BCUT2D eigenvalue weighted by atomic mass is 10.00. The minimum absolute atomic E-state index is 0.0709. The van der Waals surface area contributed by atoms with Gasteiger partial charge in [0, 0.05) is 29.3 Å². The topological polar surface area (TPSA) is 90.6 Å². The number of fused-ring (bicyclic) bond motifs is 3. The Morgan fingerprint density at radius 1 is 1.29 bits per heavy atom. The maximum absolute atomic E-state index is 13.7. The molecule has 0 unspecified atom stereocenters. The number of carbonyl (C=O) groups is 1. The van der Waals surface area contributed by atoms with Crippen LogP contribution in [0.5, 0.6) is 0 Å². The molecule has 0 radical (unpaired) electrons. The molecule has 0 spiro atoms. The summed E-state index contributed by atoms with van der Waals surface area (Å²) in [5, 5.41) is 0.800. The molecule has 1 fully saturated rings. The number of amides is 1. The van der Waals surface area contributed by atoms with Crippen LogP contribution in [0, 0.1) is 0 Å². The first kappa shape index (κ1) is 23.5. The van der Waals surface area contributed by atoms with Crippen molar-refractivity contribution in [1.29, 1.82) is 0 Å². The maximum atomic E-state index is 13.7. The molecular weight excluding hydrogens is 461 g/mol. The largest absolute Gasteiger partial charge is 0.417 e. The second kappa shape index (κ2) is 8.76. The maximum Gasteiger partial charge on any atom is 0.417 e. The van der Waals surface area contributed by atoms with E-state index in [1.54, 1.807) is 23.1 Å². The first-order valence-electron chi connectivity index (χ1n) is 11.5. The number of hydrogen-bond donors (Lipinski definition) is 1. The van der Waals surface area contributed by atoms with Crippen molar-refractivity contribution < 1.29 is 27.4 Å². The SMILES string of the molecule is CCO[C@@H]1C[C@@H]1N(Cc1ccc(C(F)(F)F)cn1)C(=O)c1ccc2nc(N)c3c(c2c1)CO[C@@H]3C. The van der Waals surface area contributed by atoms with Gasteiger partial charge in [0.2, 0.25) is 0 Å². The molecular formula is C25H25F3N4O3. The second-order valence-electron chi connectivity index (χ2n) is 8.84. The van der Waals surface area contributed by atoms with Gasteiger partial charge < -0.3 is 20.1 Å². The predicted molar refractivity (Wildman–Crippen MR) is 122 cm³/mol. The number of aromatic nitrogens is 2. The van der Waals surface area contributed by atoms with Crippen molar-refractivity contribution in [2.75, 3.05) is 12.3 Å². The molecule has 7 nitrogen and oxygen atoms in total. The van der Waals surface area contributed by atoms with Crippen LogP contribution in [0.15, 0.2) is 36.5 Å². The molecule has 184 valence electrons. The van der Waals surface area contributed by atoms with Crippen LogP contribution in [0.4, 0.5) is 19.0 Å². The molecule has 1 amide bonds. The molecule has 2 aromatic heterocycles. The Labute approximate surface area is 200 Å². The van der Waals surface area contributed by atoms with Gasteiger partial charge in [0.25, 0.3) is 5.91 Å². The van der Waals surface area contributed by atoms with E-state index in [0.717, 1.165) is 28.8 Å². The summed E-state index contributed by atoms with van der Waals surface area (Å²) in [6.07, 6.45) is -3.31. The van der Waals surface area contributed by atoms with Crippen molar-refractivity contribution >= 4 is 22.6 Å². The van der Waals surface area contributed by atoms with Gasteiger partial charge in [-0.1, -0.05) is 0 Å². The van der Waals surface area contributed by atoms with E-state index in [0.29, 0.717) is 42.2 Å². The lowest BCUT2D eigenvalue weighted by molar-refractivity contribution is -0.137. The molecule has 10 heteroatoms. The Morgan fingerprint density at radius 3 is 2.77 bits per heavy atom. The number of anilines is 1. The zero-order valence-corrected chi connectivity index (χ0v) is 19.3. The molecule has 3 heterocycles. The molecule has 2 N–H and O–H groups in total. The number of benzene rings is 1. The highest BCUT2D eigenvalue weighted by Crippen LogP contribution is 2.39. The van der Waals surface area contributed by atoms with Crippen LogP contribution in [0.1, 0.15) is 59.1 Å². The molecule has 5 rings (SSSR count). The summed E-state index contributed by atoms with van der Waals surface area (Å²) >= 11 is 0. The average Bonchev–Trinajstić information content (AvgIpc) is 3.47. The number of carbonyl (C=O) groups excluding carboxylic acids is 1. The van der Waals surface area contributed by atoms with E-state index in [1.165, 1.54) is 6.07 Å². The summed E-state index contributed by atoms with van der Waals surface area (Å²) in [7, 11) is 0. The van der Waals surface area contributed by atoms with E-state index >= 15 is 0 Å². The van der Waals surface area contributed by atoms with E-state index in [9.17, 15) is 18.0 Å². The van der Waals surface area contributed by atoms with E-state index in [-0.39, 0.29) is 30.7 Å². The molecule has 3 atom stereocenters. The third-order valence-corrected chi connectivity index (χ3v) is 6.52. The summed E-state index contributed by atoms with van der Waals surface area (Å²) in [6.45, 7) is 4.75. The average molecular weight is 486 g/mol. The number of nitrogens with two attached hydrogens (primary N) is 1. The third kappa shape index (κ3) is 4.43. The summed E-state index contributed by atoms with van der Waals surface area (Å²) < 4.78 is 50.2. The van der Waals surface area contributed by atoms with Gasteiger partial charge in [-0.3, -0.25) is 9.78 Å². The summed E-state index contributed by atoms with van der Waals surface area (Å²) in [6, 6.07) is 7.34. The highest BCUT2D eigenvalue weighted by molar-refractivity contribution is 5.99. The summed E-state index contributed by atoms with van der Waals surface area (Å²) in [5.41, 5.74) is 8.55. The number of rotatable bonds is 6. The third-order valence-electron chi connectivity index (χ3n) is 6.52. The fraction of sp³-hybridized carbons (Fsp3) is 0.400. The van der Waals surface area contributed by atoms with Crippen LogP contribution in [-0.4, -0.2) is 39.5 Å². The van der Waals surface area contributed by atoms with E-state index in [1.807, 2.05) is 13.8 Å². The van der Waals surface area contributed by atoms with Crippen molar-refractivity contribution in [3.63, 3.8) is 0 Å². The van der Waals surface area contributed by atoms with Crippen molar-refractivity contribution in [2.24, 2.45) is 0 Å². The van der Waals surface area contributed by atoms with Crippen molar-refractivity contribution in [1.82, 2.24) is 14.9 Å². The molecule has 3 aromatic rings. The molecule has 1 aromatic carbocycles. The van der Waals surface area contributed by atoms with Crippen LogP contribution < -0.4 is 5.73 Å². The fourth-order valence-corrected chi connectivity index (χ4v) is 4.65. The van der Waals surface area contributed by atoms with E-state index in [4.69, 9.17) is 15.2 Å². The number of nitrogens with zero attached hydrogens (tertiary/aromatic N) is 3. The molecule has 1 saturated carbocycles. The van der Waals surface area contributed by atoms with Gasteiger partial charge >= 0.3 is 6.18 Å². The van der Waals surface area contributed by atoms with Gasteiger partial charge in [-0.25, -0.2) is 4.98 Å². The smallest absolute Gasteiger partial charge is 0.383 e. The fourth-order valence-electron chi connectivity index (χ4n) is 4.65. The number of nitrogen functional groups attached to an aromatic ring is 1. The Bertz CT molecular complexity index is 1280. The monoisotopic (exact) mass is 486 g/mol. The van der Waals surface area contributed by atoms with Gasteiger partial charge in [0.05, 0.1) is 48.2 Å². The summed E-state index contributed by atoms with van der Waals surface area (Å²) in [5.74, 6) is 0.169. The van der Waals surface area contributed by atoms with Crippen LogP contribution >= 0.6 is 0 Å². The van der Waals surface area contributed by atoms with Gasteiger partial charge in [0.1, 0.15) is 5.82 Å². The van der Waals surface area contributed by atoms with Crippen LogP contribution in [0.2, 0.25) is 0 Å². The predicted octanol–water partition coefficient (Wildman–Crippen LogP) is 4.64.